The van der Waals surface area contributed by atoms with Gasteiger partial charge in [0, 0.05) is 11.7 Å². The Morgan fingerprint density at radius 2 is 2.20 bits per heavy atom. The number of nitrogens with two attached hydrogens (primary N) is 1. The molecule has 0 saturated carbocycles. The Balaban J connectivity index is 3.03. The van der Waals surface area contributed by atoms with Crippen LogP contribution in [0.2, 0.25) is 0 Å². The van der Waals surface area contributed by atoms with E-state index in [2.05, 4.69) is 4.98 Å². The zero-order chi connectivity index (χ0) is 7.56. The number of hydrogen-bond donors (Lipinski definition) is 3. The standard InChI is InChI=1S/C5H7BN2O2/c7-5-4(6(9)10)2-1-3-8-5/h1-3,9-10H,(H2,7,8). The van der Waals surface area contributed by atoms with Crippen LogP contribution in [0.1, 0.15) is 0 Å². The maximum absolute atomic E-state index is 8.64. The monoisotopic (exact) mass is 138 g/mol. The van der Waals surface area contributed by atoms with Gasteiger partial charge in [0.05, 0.1) is 0 Å². The zero-order valence-electron chi connectivity index (χ0n) is 5.23. The Morgan fingerprint density at radius 1 is 1.50 bits per heavy atom. The lowest BCUT2D eigenvalue weighted by Gasteiger charge is -1.99. The second-order valence-electron chi connectivity index (χ2n) is 1.85. The second kappa shape index (κ2) is 2.68. The lowest BCUT2D eigenvalue weighted by atomic mass is 9.81. The molecule has 10 heavy (non-hydrogen) atoms. The summed E-state index contributed by atoms with van der Waals surface area (Å²) in [6, 6.07) is 3.10. The van der Waals surface area contributed by atoms with Gasteiger partial charge in [0.1, 0.15) is 5.82 Å². The van der Waals surface area contributed by atoms with Crippen LogP contribution in [0.15, 0.2) is 18.3 Å². The highest BCUT2D eigenvalue weighted by Gasteiger charge is 2.13. The fourth-order valence-corrected chi connectivity index (χ4v) is 0.648. The lowest BCUT2D eigenvalue weighted by molar-refractivity contribution is 0.426. The molecule has 0 aliphatic heterocycles. The van der Waals surface area contributed by atoms with Gasteiger partial charge in [-0.15, -0.1) is 0 Å². The molecule has 0 aliphatic carbocycles. The number of nitrogen functional groups attached to an aromatic ring is 1. The Morgan fingerprint density at radius 3 is 2.60 bits per heavy atom. The SMILES string of the molecule is Nc1ncccc1B(O)O. The van der Waals surface area contributed by atoms with Crippen LogP contribution in [-0.4, -0.2) is 22.2 Å². The molecule has 1 heterocycles. The van der Waals surface area contributed by atoms with Crippen LogP contribution in [0.3, 0.4) is 0 Å². The first kappa shape index (κ1) is 7.05. The van der Waals surface area contributed by atoms with Crippen molar-refractivity contribution in [1.82, 2.24) is 4.98 Å². The minimum atomic E-state index is -1.53. The number of rotatable bonds is 1. The van der Waals surface area contributed by atoms with E-state index in [0.29, 0.717) is 0 Å². The van der Waals surface area contributed by atoms with E-state index in [1.54, 1.807) is 6.07 Å². The number of hydrogen-bond acceptors (Lipinski definition) is 4. The van der Waals surface area contributed by atoms with Gasteiger partial charge in [-0.05, 0) is 6.07 Å². The van der Waals surface area contributed by atoms with Gasteiger partial charge in [0.2, 0.25) is 0 Å². The van der Waals surface area contributed by atoms with E-state index in [0.717, 1.165) is 0 Å². The third-order valence-electron chi connectivity index (χ3n) is 1.15. The second-order valence-corrected chi connectivity index (χ2v) is 1.85. The summed E-state index contributed by atoms with van der Waals surface area (Å²) in [7, 11) is -1.53. The summed E-state index contributed by atoms with van der Waals surface area (Å²) in [6.07, 6.45) is 1.49. The quantitative estimate of drug-likeness (QED) is 0.406. The Bertz CT molecular complexity index is 229. The van der Waals surface area contributed by atoms with Gasteiger partial charge >= 0.3 is 7.12 Å². The largest absolute Gasteiger partial charge is 0.492 e. The van der Waals surface area contributed by atoms with E-state index in [4.69, 9.17) is 15.8 Å². The molecule has 0 saturated heterocycles. The van der Waals surface area contributed by atoms with E-state index in [1.807, 2.05) is 0 Å². The van der Waals surface area contributed by atoms with Crippen molar-refractivity contribution in [2.24, 2.45) is 0 Å². The van der Waals surface area contributed by atoms with Crippen LogP contribution < -0.4 is 11.2 Å². The van der Waals surface area contributed by atoms with Gasteiger partial charge in [-0.25, -0.2) is 4.98 Å². The summed E-state index contributed by atoms with van der Waals surface area (Å²) in [5.41, 5.74) is 5.53. The maximum Gasteiger partial charge on any atom is 0.492 e. The molecule has 0 amide bonds. The fourth-order valence-electron chi connectivity index (χ4n) is 0.648. The minimum Gasteiger partial charge on any atom is -0.423 e. The molecule has 0 bridgehead atoms. The third kappa shape index (κ3) is 1.26. The molecule has 0 aromatic carbocycles. The number of nitrogens with zero attached hydrogens (tertiary/aromatic N) is 1. The minimum absolute atomic E-state index is 0.150. The van der Waals surface area contributed by atoms with Crippen LogP contribution in [0.5, 0.6) is 0 Å². The highest BCUT2D eigenvalue weighted by atomic mass is 16.4. The van der Waals surface area contributed by atoms with E-state index in [9.17, 15) is 0 Å². The summed E-state index contributed by atoms with van der Waals surface area (Å²) in [4.78, 5) is 3.66. The molecule has 1 rings (SSSR count). The van der Waals surface area contributed by atoms with Crippen molar-refractivity contribution in [3.8, 4) is 0 Å². The van der Waals surface area contributed by atoms with Gasteiger partial charge in [-0.3, -0.25) is 0 Å². The van der Waals surface area contributed by atoms with Crippen LogP contribution in [-0.2, 0) is 0 Å². The molecule has 5 heteroatoms. The molecule has 0 aliphatic rings. The van der Waals surface area contributed by atoms with Gasteiger partial charge < -0.3 is 15.8 Å². The Kier molecular flexibility index (Phi) is 1.89. The molecule has 4 nitrogen and oxygen atoms in total. The fraction of sp³-hybridized carbons (Fsp3) is 0. The predicted molar refractivity (Wildman–Crippen MR) is 38.5 cm³/mol. The maximum atomic E-state index is 8.64. The lowest BCUT2D eigenvalue weighted by Crippen LogP contribution is -2.32. The van der Waals surface area contributed by atoms with Crippen molar-refractivity contribution in [2.45, 2.75) is 0 Å². The number of anilines is 1. The van der Waals surface area contributed by atoms with E-state index >= 15 is 0 Å². The molecule has 1 aromatic rings. The zero-order valence-corrected chi connectivity index (χ0v) is 5.23. The molecular weight excluding hydrogens is 131 g/mol. The van der Waals surface area contributed by atoms with Gasteiger partial charge in [0.25, 0.3) is 0 Å². The molecule has 0 unspecified atom stereocenters. The van der Waals surface area contributed by atoms with Crippen molar-refractivity contribution in [3.05, 3.63) is 18.3 Å². The Labute approximate surface area is 58.5 Å². The first-order chi connectivity index (χ1) is 4.72. The van der Waals surface area contributed by atoms with Crippen molar-refractivity contribution in [1.29, 1.82) is 0 Å². The first-order valence-corrected chi connectivity index (χ1v) is 2.78. The van der Waals surface area contributed by atoms with Gasteiger partial charge in [-0.2, -0.15) is 0 Å². The molecule has 1 aromatic heterocycles. The number of pyridine rings is 1. The molecule has 0 spiro atoms. The van der Waals surface area contributed by atoms with Crippen molar-refractivity contribution >= 4 is 18.4 Å². The van der Waals surface area contributed by atoms with Crippen LogP contribution in [0.25, 0.3) is 0 Å². The average Bonchev–Trinajstić information content (AvgIpc) is 1.88. The smallest absolute Gasteiger partial charge is 0.423 e. The van der Waals surface area contributed by atoms with Crippen LogP contribution >= 0.6 is 0 Å². The summed E-state index contributed by atoms with van der Waals surface area (Å²) in [5.74, 6) is 0.150. The van der Waals surface area contributed by atoms with Gasteiger partial charge in [-0.1, -0.05) is 6.07 Å². The highest BCUT2D eigenvalue weighted by molar-refractivity contribution is 6.60. The topological polar surface area (TPSA) is 79.4 Å². The van der Waals surface area contributed by atoms with E-state index in [1.165, 1.54) is 12.3 Å². The number of aromatic nitrogens is 1. The highest BCUT2D eigenvalue weighted by Crippen LogP contribution is 1.90. The average molecular weight is 138 g/mol. The molecule has 0 atom stereocenters. The van der Waals surface area contributed by atoms with Crippen molar-refractivity contribution < 1.29 is 10.0 Å². The third-order valence-corrected chi connectivity index (χ3v) is 1.15. The Hall–Kier alpha value is -1.07. The molecular formula is C5H7BN2O2. The van der Waals surface area contributed by atoms with E-state index < -0.39 is 7.12 Å². The predicted octanol–water partition coefficient (Wildman–Crippen LogP) is -1.66. The van der Waals surface area contributed by atoms with Gasteiger partial charge in [0.15, 0.2) is 0 Å². The summed E-state index contributed by atoms with van der Waals surface area (Å²) in [6.45, 7) is 0. The molecule has 52 valence electrons. The van der Waals surface area contributed by atoms with Crippen LogP contribution in [0.4, 0.5) is 5.82 Å². The summed E-state index contributed by atoms with van der Waals surface area (Å²) in [5, 5.41) is 17.3. The first-order valence-electron chi connectivity index (χ1n) is 2.78. The molecule has 0 fully saturated rings. The molecule has 0 radical (unpaired) electrons. The summed E-state index contributed by atoms with van der Waals surface area (Å²) < 4.78 is 0. The normalized spacial score (nSPS) is 9.40. The molecule has 4 N–H and O–H groups in total. The van der Waals surface area contributed by atoms with Crippen molar-refractivity contribution in [2.75, 3.05) is 5.73 Å². The van der Waals surface area contributed by atoms with Crippen molar-refractivity contribution in [3.63, 3.8) is 0 Å². The van der Waals surface area contributed by atoms with Crippen LogP contribution in [0, 0.1) is 0 Å². The van der Waals surface area contributed by atoms with E-state index in [-0.39, 0.29) is 11.3 Å². The summed E-state index contributed by atoms with van der Waals surface area (Å²) >= 11 is 0.